The van der Waals surface area contributed by atoms with Gasteiger partial charge in [0.25, 0.3) is 0 Å². The summed E-state index contributed by atoms with van der Waals surface area (Å²) in [7, 11) is 0. The third-order valence-corrected chi connectivity index (χ3v) is 2.82. The number of rotatable bonds is 3. The average molecular weight is 241 g/mol. The number of imidazole rings is 1. The van der Waals surface area contributed by atoms with Crippen molar-refractivity contribution in [3.05, 3.63) is 43.1 Å². The van der Waals surface area contributed by atoms with Crippen LogP contribution in [0.2, 0.25) is 0 Å². The Morgan fingerprint density at radius 3 is 3.00 bits per heavy atom. The van der Waals surface area contributed by atoms with E-state index in [-0.39, 0.29) is 6.04 Å². The monoisotopic (exact) mass is 241 g/mol. The molecule has 0 bridgehead atoms. The molecule has 0 radical (unpaired) electrons. The van der Waals surface area contributed by atoms with Crippen LogP contribution in [0.15, 0.2) is 43.1 Å². The van der Waals surface area contributed by atoms with E-state index < -0.39 is 0 Å². The molecule has 0 aromatic carbocycles. The predicted molar refractivity (Wildman–Crippen MR) is 70.1 cm³/mol. The largest absolute Gasteiger partial charge is 0.335 e. The number of nitrogens with two attached hydrogens (primary N) is 1. The number of fused-ring (bicyclic) bond motifs is 1. The van der Waals surface area contributed by atoms with Crippen LogP contribution < -0.4 is 5.73 Å². The lowest BCUT2D eigenvalue weighted by Gasteiger charge is -2.04. The summed E-state index contributed by atoms with van der Waals surface area (Å²) < 4.78 is 3.85. The molecule has 18 heavy (non-hydrogen) atoms. The number of aromatic nitrogens is 4. The molecule has 1 atom stereocenters. The summed E-state index contributed by atoms with van der Waals surface area (Å²) in [6, 6.07) is 6.18. The summed E-state index contributed by atoms with van der Waals surface area (Å²) in [5.74, 6) is 0. The topological polar surface area (TPSA) is 61.1 Å². The van der Waals surface area contributed by atoms with E-state index in [1.54, 1.807) is 6.20 Å². The van der Waals surface area contributed by atoms with Gasteiger partial charge in [0, 0.05) is 36.7 Å². The Hall–Kier alpha value is -2.14. The fraction of sp³-hybridized carbons (Fsp3) is 0.231. The number of hydrogen-bond acceptors (Lipinski definition) is 3. The average Bonchev–Trinajstić information content (AvgIpc) is 2.95. The van der Waals surface area contributed by atoms with Gasteiger partial charge in [-0.15, -0.1) is 0 Å². The van der Waals surface area contributed by atoms with Gasteiger partial charge in [0.1, 0.15) is 0 Å². The van der Waals surface area contributed by atoms with E-state index in [1.807, 2.05) is 46.9 Å². The van der Waals surface area contributed by atoms with Crippen molar-refractivity contribution in [2.45, 2.75) is 19.5 Å². The van der Waals surface area contributed by atoms with Crippen LogP contribution in [0.1, 0.15) is 6.92 Å². The molecule has 2 N–H and O–H groups in total. The molecule has 0 spiro atoms. The Labute approximate surface area is 105 Å². The summed E-state index contributed by atoms with van der Waals surface area (Å²) in [5, 5.41) is 4.22. The van der Waals surface area contributed by atoms with Crippen molar-refractivity contribution in [2.24, 2.45) is 5.73 Å². The highest BCUT2D eigenvalue weighted by Crippen LogP contribution is 2.17. The van der Waals surface area contributed by atoms with Gasteiger partial charge in [-0.2, -0.15) is 5.10 Å². The van der Waals surface area contributed by atoms with Crippen molar-refractivity contribution in [3.8, 4) is 11.3 Å². The van der Waals surface area contributed by atoms with Gasteiger partial charge < -0.3 is 10.3 Å². The van der Waals surface area contributed by atoms with Gasteiger partial charge in [0.05, 0.1) is 17.5 Å². The highest BCUT2D eigenvalue weighted by molar-refractivity contribution is 5.61. The summed E-state index contributed by atoms with van der Waals surface area (Å²) >= 11 is 0. The molecule has 3 heterocycles. The molecule has 3 aromatic rings. The number of pyridine rings is 1. The van der Waals surface area contributed by atoms with Gasteiger partial charge in [0.15, 0.2) is 0 Å². The maximum Gasteiger partial charge on any atom is 0.0954 e. The normalized spacial score (nSPS) is 13.0. The van der Waals surface area contributed by atoms with Gasteiger partial charge in [-0.25, -0.2) is 9.50 Å². The maximum absolute atomic E-state index is 5.77. The Morgan fingerprint density at radius 1 is 1.28 bits per heavy atom. The summed E-state index contributed by atoms with van der Waals surface area (Å²) in [6.07, 6.45) is 7.59. The lowest BCUT2D eigenvalue weighted by atomic mass is 10.2. The minimum absolute atomic E-state index is 0.126. The quantitative estimate of drug-likeness (QED) is 0.756. The van der Waals surface area contributed by atoms with Crippen LogP contribution in [0, 0.1) is 0 Å². The van der Waals surface area contributed by atoms with Crippen LogP contribution in [0.25, 0.3) is 16.8 Å². The van der Waals surface area contributed by atoms with Crippen LogP contribution in [0.3, 0.4) is 0 Å². The predicted octanol–water partition coefficient (Wildman–Crippen LogP) is 1.54. The minimum atomic E-state index is 0.126. The summed E-state index contributed by atoms with van der Waals surface area (Å²) in [6.45, 7) is 2.76. The first-order chi connectivity index (χ1) is 8.72. The third-order valence-electron chi connectivity index (χ3n) is 2.82. The van der Waals surface area contributed by atoms with Crippen LogP contribution in [0.5, 0.6) is 0 Å². The molecule has 0 aliphatic carbocycles. The molecule has 0 saturated carbocycles. The molecule has 3 aromatic heterocycles. The van der Waals surface area contributed by atoms with Crippen molar-refractivity contribution in [1.82, 2.24) is 19.2 Å². The SMILES string of the molecule is CC(N)Cn1cnc(-c2ccc3ccnn3c2)c1. The number of nitrogens with zero attached hydrogens (tertiary/aromatic N) is 4. The molecule has 0 aliphatic heterocycles. The molecule has 5 nitrogen and oxygen atoms in total. The van der Waals surface area contributed by atoms with Gasteiger partial charge >= 0.3 is 0 Å². The Kier molecular flexibility index (Phi) is 2.60. The second-order valence-corrected chi connectivity index (χ2v) is 4.55. The Morgan fingerprint density at radius 2 is 2.17 bits per heavy atom. The molecule has 0 saturated heterocycles. The van der Waals surface area contributed by atoms with Gasteiger partial charge in [0.2, 0.25) is 0 Å². The molecule has 5 heteroatoms. The van der Waals surface area contributed by atoms with E-state index >= 15 is 0 Å². The van der Waals surface area contributed by atoms with Crippen molar-refractivity contribution in [3.63, 3.8) is 0 Å². The Balaban J connectivity index is 1.95. The van der Waals surface area contributed by atoms with E-state index in [2.05, 4.69) is 16.1 Å². The highest BCUT2D eigenvalue weighted by Gasteiger charge is 2.05. The zero-order valence-corrected chi connectivity index (χ0v) is 10.2. The molecular formula is C13H15N5. The van der Waals surface area contributed by atoms with Crippen molar-refractivity contribution in [1.29, 1.82) is 0 Å². The third kappa shape index (κ3) is 2.00. The van der Waals surface area contributed by atoms with E-state index in [4.69, 9.17) is 5.73 Å². The summed E-state index contributed by atoms with van der Waals surface area (Å²) in [4.78, 5) is 4.40. The molecule has 0 aliphatic rings. The van der Waals surface area contributed by atoms with E-state index in [9.17, 15) is 0 Å². The fourth-order valence-electron chi connectivity index (χ4n) is 2.01. The van der Waals surface area contributed by atoms with E-state index in [0.717, 1.165) is 23.3 Å². The summed E-state index contributed by atoms with van der Waals surface area (Å²) in [5.41, 5.74) is 8.84. The smallest absolute Gasteiger partial charge is 0.0954 e. The first-order valence-corrected chi connectivity index (χ1v) is 5.93. The van der Waals surface area contributed by atoms with Crippen LogP contribution in [0.4, 0.5) is 0 Å². The lowest BCUT2D eigenvalue weighted by Crippen LogP contribution is -2.21. The van der Waals surface area contributed by atoms with E-state index in [1.165, 1.54) is 0 Å². The first kappa shape index (κ1) is 11.0. The zero-order valence-electron chi connectivity index (χ0n) is 10.2. The molecule has 0 amide bonds. The van der Waals surface area contributed by atoms with Crippen molar-refractivity contribution in [2.75, 3.05) is 0 Å². The highest BCUT2D eigenvalue weighted by atomic mass is 15.2. The van der Waals surface area contributed by atoms with Crippen LogP contribution >= 0.6 is 0 Å². The lowest BCUT2D eigenvalue weighted by molar-refractivity contribution is 0.589. The zero-order chi connectivity index (χ0) is 12.5. The molecule has 1 unspecified atom stereocenters. The van der Waals surface area contributed by atoms with Gasteiger partial charge in [-0.3, -0.25) is 0 Å². The van der Waals surface area contributed by atoms with Crippen LogP contribution in [-0.4, -0.2) is 25.2 Å². The van der Waals surface area contributed by atoms with Gasteiger partial charge in [-0.1, -0.05) is 0 Å². The van der Waals surface area contributed by atoms with Crippen LogP contribution in [-0.2, 0) is 6.54 Å². The molecule has 3 rings (SSSR count). The standard InChI is InChI=1S/C13H15N5/c1-10(14)6-17-8-13(15-9-17)11-2-3-12-4-5-16-18(12)7-11/h2-5,7-10H,6,14H2,1H3. The molecule has 0 fully saturated rings. The van der Waals surface area contributed by atoms with E-state index in [0.29, 0.717) is 0 Å². The van der Waals surface area contributed by atoms with Gasteiger partial charge in [-0.05, 0) is 25.1 Å². The second kappa shape index (κ2) is 4.27. The first-order valence-electron chi connectivity index (χ1n) is 5.93. The molecule has 92 valence electrons. The molecular weight excluding hydrogens is 226 g/mol. The Bertz CT molecular complexity index is 665. The van der Waals surface area contributed by atoms with Crippen molar-refractivity contribution >= 4 is 5.52 Å². The fourth-order valence-corrected chi connectivity index (χ4v) is 2.01. The number of hydrogen-bond donors (Lipinski definition) is 1. The second-order valence-electron chi connectivity index (χ2n) is 4.55. The van der Waals surface area contributed by atoms with Crippen molar-refractivity contribution < 1.29 is 0 Å². The maximum atomic E-state index is 5.77. The minimum Gasteiger partial charge on any atom is -0.335 e.